The monoisotopic (exact) mass is 490 g/mol. The maximum atomic E-state index is 13.0. The maximum Gasteiger partial charge on any atom is 0.573 e. The number of benzene rings is 4. The fourth-order valence-corrected chi connectivity index (χ4v) is 3.41. The minimum Gasteiger partial charge on any atom is -0.471 e. The molecular weight excluding hydrogens is 469 g/mol. The van der Waals surface area contributed by atoms with Crippen LogP contribution in [0.1, 0.15) is 29.8 Å². The second kappa shape index (κ2) is 10.0. The van der Waals surface area contributed by atoms with Gasteiger partial charge in [0.1, 0.15) is 5.75 Å². The lowest BCUT2D eigenvalue weighted by molar-refractivity contribution is -0.275. The molecule has 0 bridgehead atoms. The predicted molar refractivity (Wildman–Crippen MR) is 130 cm³/mol. The number of fused-ring (bicyclic) bond motifs is 1. The van der Waals surface area contributed by atoms with E-state index in [0.29, 0.717) is 11.3 Å². The Labute approximate surface area is 206 Å². The van der Waals surface area contributed by atoms with Gasteiger partial charge < -0.3 is 14.2 Å². The van der Waals surface area contributed by atoms with E-state index in [1.54, 1.807) is 44.2 Å². The summed E-state index contributed by atoms with van der Waals surface area (Å²) >= 11 is 0. The van der Waals surface area contributed by atoms with E-state index in [-0.39, 0.29) is 11.3 Å². The molecule has 0 heterocycles. The first-order valence-electron chi connectivity index (χ1n) is 11.0. The predicted octanol–water partition coefficient (Wildman–Crippen LogP) is 7.17. The van der Waals surface area contributed by atoms with Gasteiger partial charge in [-0.05, 0) is 55.6 Å². The number of esters is 1. The van der Waals surface area contributed by atoms with Gasteiger partial charge >= 0.3 is 12.3 Å². The topological polar surface area (TPSA) is 44.8 Å². The molecule has 0 saturated carbocycles. The summed E-state index contributed by atoms with van der Waals surface area (Å²) in [5, 5.41) is 1.60. The van der Waals surface area contributed by atoms with E-state index in [1.165, 1.54) is 6.07 Å². The van der Waals surface area contributed by atoms with E-state index in [2.05, 4.69) is 16.6 Å². The largest absolute Gasteiger partial charge is 0.573 e. The molecule has 0 amide bonds. The fourth-order valence-electron chi connectivity index (χ4n) is 3.41. The Morgan fingerprint density at radius 2 is 1.44 bits per heavy atom. The molecule has 4 rings (SSSR count). The first-order valence-corrected chi connectivity index (χ1v) is 11.0. The molecule has 0 aliphatic heterocycles. The summed E-state index contributed by atoms with van der Waals surface area (Å²) in [5.74, 6) is 4.49. The molecule has 0 radical (unpaired) electrons. The van der Waals surface area contributed by atoms with Crippen LogP contribution < -0.4 is 14.2 Å². The van der Waals surface area contributed by atoms with E-state index in [0.717, 1.165) is 22.9 Å². The standard InChI is InChI=1S/C29H21F3O4/c1-28(2,18-17-20-9-4-3-5-10-20)35-26-19-22(15-16-25(26)36-29(30,31)32)27(33)34-24-14-8-12-21-11-6-7-13-23(21)24/h3-16,19H,1-2H3. The van der Waals surface area contributed by atoms with Gasteiger partial charge in [0.25, 0.3) is 0 Å². The number of rotatable bonds is 5. The summed E-state index contributed by atoms with van der Waals surface area (Å²) in [5.41, 5.74) is -0.509. The van der Waals surface area contributed by atoms with Gasteiger partial charge in [-0.2, -0.15) is 0 Å². The van der Waals surface area contributed by atoms with Crippen molar-refractivity contribution in [3.8, 4) is 29.1 Å². The maximum absolute atomic E-state index is 13.0. The third-order valence-electron chi connectivity index (χ3n) is 5.00. The van der Waals surface area contributed by atoms with Crippen LogP contribution in [-0.4, -0.2) is 17.9 Å². The van der Waals surface area contributed by atoms with E-state index in [9.17, 15) is 18.0 Å². The fraction of sp³-hybridized carbons (Fsp3) is 0.138. The molecule has 4 nitrogen and oxygen atoms in total. The van der Waals surface area contributed by atoms with Gasteiger partial charge in [0.2, 0.25) is 0 Å². The number of carbonyl (C=O) groups excluding carboxylic acids is 1. The van der Waals surface area contributed by atoms with E-state index >= 15 is 0 Å². The Morgan fingerprint density at radius 3 is 2.19 bits per heavy atom. The Bertz CT molecular complexity index is 1440. The lowest BCUT2D eigenvalue weighted by Crippen LogP contribution is -2.27. The van der Waals surface area contributed by atoms with Crippen molar-refractivity contribution in [3.05, 3.63) is 102 Å². The molecule has 7 heteroatoms. The molecule has 4 aromatic rings. The highest BCUT2D eigenvalue weighted by Crippen LogP contribution is 2.36. The van der Waals surface area contributed by atoms with Crippen molar-refractivity contribution in [2.75, 3.05) is 0 Å². The van der Waals surface area contributed by atoms with Gasteiger partial charge in [-0.15, -0.1) is 13.2 Å². The second-order valence-electron chi connectivity index (χ2n) is 8.30. The van der Waals surface area contributed by atoms with Crippen LogP contribution in [0.2, 0.25) is 0 Å². The molecule has 0 fully saturated rings. The van der Waals surface area contributed by atoms with Crippen LogP contribution in [0.25, 0.3) is 10.8 Å². The first kappa shape index (κ1) is 24.7. The molecule has 36 heavy (non-hydrogen) atoms. The smallest absolute Gasteiger partial charge is 0.471 e. The molecule has 0 aromatic heterocycles. The van der Waals surface area contributed by atoms with Crippen LogP contribution in [0.3, 0.4) is 0 Å². The minimum absolute atomic E-state index is 0.0146. The zero-order valence-corrected chi connectivity index (χ0v) is 19.4. The van der Waals surface area contributed by atoms with Crippen LogP contribution >= 0.6 is 0 Å². The number of alkyl halides is 3. The molecular formula is C29H21F3O4. The minimum atomic E-state index is -4.96. The van der Waals surface area contributed by atoms with Gasteiger partial charge in [-0.3, -0.25) is 0 Å². The summed E-state index contributed by atoms with van der Waals surface area (Å²) in [7, 11) is 0. The zero-order valence-electron chi connectivity index (χ0n) is 19.4. The molecule has 0 aliphatic carbocycles. The highest BCUT2D eigenvalue weighted by Gasteiger charge is 2.33. The summed E-state index contributed by atoms with van der Waals surface area (Å²) < 4.78 is 54.6. The SMILES string of the molecule is CC(C)(C#Cc1ccccc1)Oc1cc(C(=O)Oc2cccc3ccccc23)ccc1OC(F)(F)F. The van der Waals surface area contributed by atoms with Crippen LogP contribution in [0.4, 0.5) is 13.2 Å². The summed E-state index contributed by atoms with van der Waals surface area (Å²) in [6.07, 6.45) is -4.96. The Morgan fingerprint density at radius 1 is 0.750 bits per heavy atom. The Hall–Kier alpha value is -4.44. The average molecular weight is 490 g/mol. The second-order valence-corrected chi connectivity index (χ2v) is 8.30. The summed E-state index contributed by atoms with van der Waals surface area (Å²) in [6, 6.07) is 25.0. The van der Waals surface area contributed by atoms with E-state index in [1.807, 2.05) is 42.5 Å². The quantitative estimate of drug-likeness (QED) is 0.169. The molecule has 182 valence electrons. The van der Waals surface area contributed by atoms with Crippen molar-refractivity contribution in [1.82, 2.24) is 0 Å². The van der Waals surface area contributed by atoms with Crippen LogP contribution in [0.5, 0.6) is 17.2 Å². The highest BCUT2D eigenvalue weighted by molar-refractivity contribution is 5.96. The molecule has 4 aromatic carbocycles. The number of hydrogen-bond donors (Lipinski definition) is 0. The Kier molecular flexibility index (Phi) is 6.89. The first-order chi connectivity index (χ1) is 17.1. The lowest BCUT2D eigenvalue weighted by atomic mass is 10.1. The average Bonchev–Trinajstić information content (AvgIpc) is 2.84. The lowest BCUT2D eigenvalue weighted by Gasteiger charge is -2.23. The Balaban J connectivity index is 1.64. The number of carbonyl (C=O) groups is 1. The number of ether oxygens (including phenoxy) is 3. The molecule has 0 saturated heterocycles. The van der Waals surface area contributed by atoms with Gasteiger partial charge in [0.05, 0.1) is 5.56 Å². The van der Waals surface area contributed by atoms with Crippen molar-refractivity contribution in [2.24, 2.45) is 0 Å². The third kappa shape index (κ3) is 6.36. The van der Waals surface area contributed by atoms with Crippen molar-refractivity contribution >= 4 is 16.7 Å². The summed E-state index contributed by atoms with van der Waals surface area (Å²) in [6.45, 7) is 3.20. The van der Waals surface area contributed by atoms with E-state index < -0.39 is 23.7 Å². The van der Waals surface area contributed by atoms with Crippen molar-refractivity contribution < 1.29 is 32.2 Å². The zero-order chi connectivity index (χ0) is 25.8. The molecule has 0 unspecified atom stereocenters. The van der Waals surface area contributed by atoms with E-state index in [4.69, 9.17) is 9.47 Å². The number of hydrogen-bond acceptors (Lipinski definition) is 4. The molecule has 0 spiro atoms. The van der Waals surface area contributed by atoms with Crippen molar-refractivity contribution in [2.45, 2.75) is 25.8 Å². The van der Waals surface area contributed by atoms with Crippen LogP contribution in [-0.2, 0) is 0 Å². The number of halogens is 3. The molecule has 0 atom stereocenters. The highest BCUT2D eigenvalue weighted by atomic mass is 19.4. The van der Waals surface area contributed by atoms with Gasteiger partial charge in [0.15, 0.2) is 17.1 Å². The molecule has 0 aliphatic rings. The van der Waals surface area contributed by atoms with Gasteiger partial charge in [-0.25, -0.2) is 4.79 Å². The van der Waals surface area contributed by atoms with Crippen LogP contribution in [0, 0.1) is 11.8 Å². The normalized spacial score (nSPS) is 11.4. The van der Waals surface area contributed by atoms with Crippen molar-refractivity contribution in [3.63, 3.8) is 0 Å². The van der Waals surface area contributed by atoms with Crippen LogP contribution in [0.15, 0.2) is 91.0 Å². The van der Waals surface area contributed by atoms with Crippen molar-refractivity contribution in [1.29, 1.82) is 0 Å². The molecule has 0 N–H and O–H groups in total. The summed E-state index contributed by atoms with van der Waals surface area (Å²) in [4.78, 5) is 12.9. The third-order valence-corrected chi connectivity index (χ3v) is 5.00. The van der Waals surface area contributed by atoms with Gasteiger partial charge in [0, 0.05) is 10.9 Å². The van der Waals surface area contributed by atoms with Gasteiger partial charge in [-0.1, -0.05) is 66.4 Å².